The van der Waals surface area contributed by atoms with Crippen LogP contribution in [0.2, 0.25) is 5.02 Å². The topological polar surface area (TPSA) is 64.6 Å². The molecule has 0 saturated heterocycles. The van der Waals surface area contributed by atoms with Crippen LogP contribution in [0.1, 0.15) is 17.4 Å². The number of ether oxygens (including phenoxy) is 1. The average Bonchev–Trinajstić information content (AvgIpc) is 3.29. The molecule has 24 heavy (non-hydrogen) atoms. The van der Waals surface area contributed by atoms with Crippen molar-refractivity contribution in [1.82, 2.24) is 5.32 Å². The van der Waals surface area contributed by atoms with E-state index < -0.39 is 0 Å². The number of amides is 1. The van der Waals surface area contributed by atoms with Gasteiger partial charge in [0, 0.05) is 11.6 Å². The van der Waals surface area contributed by atoms with Crippen LogP contribution in [0.3, 0.4) is 0 Å². The summed E-state index contributed by atoms with van der Waals surface area (Å²) in [5.74, 6) is 1.62. The number of hydrogen-bond acceptors (Lipinski definition) is 4. The van der Waals surface area contributed by atoms with Gasteiger partial charge in [-0.15, -0.1) is 0 Å². The van der Waals surface area contributed by atoms with Crippen molar-refractivity contribution in [2.75, 3.05) is 13.2 Å². The fourth-order valence-electron chi connectivity index (χ4n) is 2.27. The van der Waals surface area contributed by atoms with Gasteiger partial charge in [0.05, 0.1) is 18.4 Å². The summed E-state index contributed by atoms with van der Waals surface area (Å²) in [5.41, 5.74) is 0. The molecule has 3 aromatic rings. The molecule has 1 N–H and O–H groups in total. The summed E-state index contributed by atoms with van der Waals surface area (Å²) < 4.78 is 16.3. The van der Waals surface area contributed by atoms with Crippen LogP contribution in [-0.2, 0) is 4.79 Å². The first-order chi connectivity index (χ1) is 11.7. The Morgan fingerprint density at radius 2 is 1.67 bits per heavy atom. The third kappa shape index (κ3) is 4.20. The average molecular weight is 346 g/mol. The van der Waals surface area contributed by atoms with Gasteiger partial charge in [-0.05, 0) is 48.5 Å². The molecule has 0 fully saturated rings. The van der Waals surface area contributed by atoms with Gasteiger partial charge >= 0.3 is 0 Å². The molecular weight excluding hydrogens is 330 g/mol. The van der Waals surface area contributed by atoms with Gasteiger partial charge in [0.1, 0.15) is 17.3 Å². The van der Waals surface area contributed by atoms with Crippen LogP contribution in [0, 0.1) is 0 Å². The molecule has 0 radical (unpaired) electrons. The van der Waals surface area contributed by atoms with E-state index >= 15 is 0 Å². The van der Waals surface area contributed by atoms with E-state index in [0.717, 1.165) is 11.5 Å². The van der Waals surface area contributed by atoms with Crippen molar-refractivity contribution < 1.29 is 18.4 Å². The van der Waals surface area contributed by atoms with Gasteiger partial charge in [-0.1, -0.05) is 11.6 Å². The highest BCUT2D eigenvalue weighted by atomic mass is 35.5. The molecule has 2 aromatic heterocycles. The second kappa shape index (κ2) is 7.75. The normalized spacial score (nSPS) is 10.8. The third-order valence-electron chi connectivity index (χ3n) is 3.46. The Balaban J connectivity index is 1.54. The van der Waals surface area contributed by atoms with Crippen molar-refractivity contribution in [1.29, 1.82) is 0 Å². The van der Waals surface area contributed by atoms with Gasteiger partial charge in [-0.25, -0.2) is 0 Å². The Kier molecular flexibility index (Phi) is 5.23. The summed E-state index contributed by atoms with van der Waals surface area (Å²) in [7, 11) is 0. The molecule has 5 nitrogen and oxygen atoms in total. The van der Waals surface area contributed by atoms with Gasteiger partial charge in [0.15, 0.2) is 6.61 Å². The summed E-state index contributed by atoms with van der Waals surface area (Å²) in [6, 6.07) is 14.1. The van der Waals surface area contributed by atoms with E-state index in [1.54, 1.807) is 48.9 Å². The SMILES string of the molecule is O=C(COc1ccc(Cl)cc1)NCC(c1ccco1)c1ccco1. The zero-order chi connectivity index (χ0) is 16.8. The van der Waals surface area contributed by atoms with E-state index in [4.69, 9.17) is 25.2 Å². The van der Waals surface area contributed by atoms with Gasteiger partial charge in [-0.3, -0.25) is 4.79 Å². The molecule has 0 saturated carbocycles. The van der Waals surface area contributed by atoms with Crippen molar-refractivity contribution >= 4 is 17.5 Å². The van der Waals surface area contributed by atoms with Crippen molar-refractivity contribution in [3.63, 3.8) is 0 Å². The van der Waals surface area contributed by atoms with Crippen LogP contribution in [0.5, 0.6) is 5.75 Å². The predicted octanol–water partition coefficient (Wildman–Crippen LogP) is 3.85. The van der Waals surface area contributed by atoms with Crippen molar-refractivity contribution in [3.05, 3.63) is 77.6 Å². The highest BCUT2D eigenvalue weighted by Gasteiger charge is 2.20. The van der Waals surface area contributed by atoms with Crippen LogP contribution in [0.15, 0.2) is 69.9 Å². The standard InChI is InChI=1S/C18H16ClNO4/c19-13-5-7-14(8-6-13)24-12-18(21)20-11-15(16-3-1-9-22-16)17-4-2-10-23-17/h1-10,15H,11-12H2,(H,20,21). The van der Waals surface area contributed by atoms with Crippen molar-refractivity contribution in [2.24, 2.45) is 0 Å². The zero-order valence-electron chi connectivity index (χ0n) is 12.8. The minimum Gasteiger partial charge on any atom is -0.484 e. The Hall–Kier alpha value is -2.66. The first kappa shape index (κ1) is 16.2. The highest BCUT2D eigenvalue weighted by molar-refractivity contribution is 6.30. The van der Waals surface area contributed by atoms with Crippen molar-refractivity contribution in [3.8, 4) is 5.75 Å². The number of carbonyl (C=O) groups excluding carboxylic acids is 1. The van der Waals surface area contributed by atoms with Crippen LogP contribution < -0.4 is 10.1 Å². The molecule has 124 valence electrons. The quantitative estimate of drug-likeness (QED) is 0.706. The molecule has 0 aliphatic heterocycles. The largest absolute Gasteiger partial charge is 0.484 e. The lowest BCUT2D eigenvalue weighted by atomic mass is 10.0. The van der Waals surface area contributed by atoms with E-state index in [9.17, 15) is 4.79 Å². The number of nitrogens with one attached hydrogen (secondary N) is 1. The first-order valence-electron chi connectivity index (χ1n) is 7.44. The van der Waals surface area contributed by atoms with E-state index in [2.05, 4.69) is 5.32 Å². The first-order valence-corrected chi connectivity index (χ1v) is 7.82. The molecule has 1 amide bonds. The van der Waals surface area contributed by atoms with E-state index in [1.165, 1.54) is 0 Å². The molecule has 1 aromatic carbocycles. The van der Waals surface area contributed by atoms with Gasteiger partial charge in [0.2, 0.25) is 0 Å². The summed E-state index contributed by atoms with van der Waals surface area (Å²) in [4.78, 5) is 12.0. The third-order valence-corrected chi connectivity index (χ3v) is 3.71. The zero-order valence-corrected chi connectivity index (χ0v) is 13.5. The monoisotopic (exact) mass is 345 g/mol. The van der Waals surface area contributed by atoms with Crippen LogP contribution in [0.4, 0.5) is 0 Å². The Morgan fingerprint density at radius 3 is 2.21 bits per heavy atom. The number of rotatable bonds is 7. The van der Waals surface area contributed by atoms with E-state index in [0.29, 0.717) is 17.3 Å². The fourth-order valence-corrected chi connectivity index (χ4v) is 2.39. The number of carbonyl (C=O) groups is 1. The molecule has 0 unspecified atom stereocenters. The van der Waals surface area contributed by atoms with E-state index in [1.807, 2.05) is 12.1 Å². The lowest BCUT2D eigenvalue weighted by Crippen LogP contribution is -2.32. The Bertz CT molecular complexity index is 717. The van der Waals surface area contributed by atoms with Crippen LogP contribution in [0.25, 0.3) is 0 Å². The lowest BCUT2D eigenvalue weighted by molar-refractivity contribution is -0.123. The second-order valence-corrected chi connectivity index (χ2v) is 5.57. The van der Waals surface area contributed by atoms with E-state index in [-0.39, 0.29) is 18.4 Å². The Labute approximate surface area is 144 Å². The summed E-state index contributed by atoms with van der Waals surface area (Å²) >= 11 is 5.80. The molecule has 0 spiro atoms. The molecule has 0 bridgehead atoms. The van der Waals surface area contributed by atoms with Crippen LogP contribution in [-0.4, -0.2) is 19.1 Å². The Morgan fingerprint density at radius 1 is 1.04 bits per heavy atom. The maximum Gasteiger partial charge on any atom is 0.257 e. The number of hydrogen-bond donors (Lipinski definition) is 1. The number of furan rings is 2. The second-order valence-electron chi connectivity index (χ2n) is 5.13. The summed E-state index contributed by atoms with van der Waals surface area (Å²) in [6.07, 6.45) is 3.19. The lowest BCUT2D eigenvalue weighted by Gasteiger charge is -2.13. The van der Waals surface area contributed by atoms with Gasteiger partial charge in [0.25, 0.3) is 5.91 Å². The molecule has 0 aliphatic rings. The predicted molar refractivity (Wildman–Crippen MR) is 89.2 cm³/mol. The molecule has 2 heterocycles. The number of halogens is 1. The highest BCUT2D eigenvalue weighted by Crippen LogP contribution is 2.24. The fraction of sp³-hybridized carbons (Fsp3) is 0.167. The van der Waals surface area contributed by atoms with Crippen LogP contribution >= 0.6 is 11.6 Å². The maximum atomic E-state index is 12.0. The van der Waals surface area contributed by atoms with Gasteiger partial charge < -0.3 is 18.9 Å². The summed E-state index contributed by atoms with van der Waals surface area (Å²) in [6.45, 7) is 0.272. The minimum atomic E-state index is -0.229. The maximum absolute atomic E-state index is 12.0. The molecule has 3 rings (SSSR count). The molecule has 6 heteroatoms. The van der Waals surface area contributed by atoms with Crippen molar-refractivity contribution in [2.45, 2.75) is 5.92 Å². The minimum absolute atomic E-state index is 0.0787. The number of benzene rings is 1. The molecule has 0 atom stereocenters. The summed E-state index contributed by atoms with van der Waals surface area (Å²) in [5, 5.41) is 3.45. The molecule has 0 aliphatic carbocycles. The van der Waals surface area contributed by atoms with Gasteiger partial charge in [-0.2, -0.15) is 0 Å². The molecular formula is C18H16ClNO4. The smallest absolute Gasteiger partial charge is 0.257 e.